The van der Waals surface area contributed by atoms with Crippen molar-refractivity contribution in [2.75, 3.05) is 7.05 Å². The third kappa shape index (κ3) is 3.32. The summed E-state index contributed by atoms with van der Waals surface area (Å²) in [5.74, 6) is 0. The Kier molecular flexibility index (Phi) is 4.10. The number of rotatable bonds is 4. The summed E-state index contributed by atoms with van der Waals surface area (Å²) in [5.41, 5.74) is 2.66. The van der Waals surface area contributed by atoms with Crippen LogP contribution in [0.3, 0.4) is 0 Å². The Balaban J connectivity index is 2.62. The van der Waals surface area contributed by atoms with Gasteiger partial charge in [-0.2, -0.15) is 0 Å². The monoisotopic (exact) mass is 175 g/mol. The van der Waals surface area contributed by atoms with Crippen molar-refractivity contribution in [2.45, 2.75) is 19.8 Å². The van der Waals surface area contributed by atoms with Crippen LogP contribution in [0.15, 0.2) is 42.1 Å². The molecular weight excluding hydrogens is 158 g/mol. The Morgan fingerprint density at radius 1 is 1.31 bits per heavy atom. The number of hydrogen-bond acceptors (Lipinski definition) is 1. The standard InChI is InChI=1S/C12H17N/c1-3-7-12(13-2)10-11-8-5-4-6-9-11/h4-9,13H,3,10H2,1-2H3/b12-7+. The molecule has 0 aliphatic heterocycles. The van der Waals surface area contributed by atoms with Crippen molar-refractivity contribution in [3.63, 3.8) is 0 Å². The van der Waals surface area contributed by atoms with Crippen LogP contribution in [-0.2, 0) is 6.42 Å². The molecular formula is C12H17N. The van der Waals surface area contributed by atoms with Gasteiger partial charge in [0.1, 0.15) is 0 Å². The minimum Gasteiger partial charge on any atom is -0.391 e. The zero-order valence-corrected chi connectivity index (χ0v) is 8.38. The molecule has 13 heavy (non-hydrogen) atoms. The largest absolute Gasteiger partial charge is 0.391 e. The van der Waals surface area contributed by atoms with Gasteiger partial charge in [-0.05, 0) is 12.0 Å². The lowest BCUT2D eigenvalue weighted by molar-refractivity contribution is 0.903. The smallest absolute Gasteiger partial charge is 0.0119 e. The van der Waals surface area contributed by atoms with Crippen LogP contribution >= 0.6 is 0 Å². The summed E-state index contributed by atoms with van der Waals surface area (Å²) in [4.78, 5) is 0. The Morgan fingerprint density at radius 3 is 2.54 bits per heavy atom. The highest BCUT2D eigenvalue weighted by molar-refractivity contribution is 5.20. The molecule has 1 nitrogen and oxygen atoms in total. The average Bonchev–Trinajstić information content (AvgIpc) is 2.19. The molecule has 0 spiro atoms. The number of allylic oxidation sites excluding steroid dienone is 2. The minimum atomic E-state index is 1.01. The number of likely N-dealkylation sites (N-methyl/N-ethyl adjacent to an activating group) is 1. The molecule has 0 heterocycles. The molecule has 70 valence electrons. The number of hydrogen-bond donors (Lipinski definition) is 1. The van der Waals surface area contributed by atoms with Crippen molar-refractivity contribution in [3.8, 4) is 0 Å². The Bertz CT molecular complexity index is 262. The Labute approximate surface area is 80.5 Å². The maximum Gasteiger partial charge on any atom is 0.0119 e. The summed E-state index contributed by atoms with van der Waals surface area (Å²) in [6.45, 7) is 2.16. The zero-order valence-electron chi connectivity index (χ0n) is 8.38. The SMILES string of the molecule is CC/C=C(\Cc1ccccc1)NC. The quantitative estimate of drug-likeness (QED) is 0.742. The molecule has 0 atom stereocenters. The summed E-state index contributed by atoms with van der Waals surface area (Å²) in [7, 11) is 1.98. The molecule has 0 fully saturated rings. The summed E-state index contributed by atoms with van der Waals surface area (Å²) < 4.78 is 0. The normalized spacial score (nSPS) is 11.4. The second kappa shape index (κ2) is 5.41. The van der Waals surface area contributed by atoms with Crippen molar-refractivity contribution >= 4 is 0 Å². The molecule has 1 aromatic rings. The highest BCUT2D eigenvalue weighted by Crippen LogP contribution is 2.05. The van der Waals surface area contributed by atoms with Gasteiger partial charge in [0.15, 0.2) is 0 Å². The fourth-order valence-electron chi connectivity index (χ4n) is 1.32. The predicted molar refractivity (Wildman–Crippen MR) is 57.6 cm³/mol. The number of nitrogens with one attached hydrogen (secondary N) is 1. The molecule has 0 saturated heterocycles. The molecule has 0 amide bonds. The summed E-state index contributed by atoms with van der Waals surface area (Å²) in [6.07, 6.45) is 4.32. The molecule has 0 saturated carbocycles. The van der Waals surface area contributed by atoms with E-state index in [0.29, 0.717) is 0 Å². The third-order valence-corrected chi connectivity index (χ3v) is 2.01. The predicted octanol–water partition coefficient (Wildman–Crippen LogP) is 2.74. The van der Waals surface area contributed by atoms with Gasteiger partial charge >= 0.3 is 0 Å². The van der Waals surface area contributed by atoms with Crippen molar-refractivity contribution in [1.29, 1.82) is 0 Å². The molecule has 0 aliphatic carbocycles. The van der Waals surface area contributed by atoms with Gasteiger partial charge in [-0.1, -0.05) is 43.3 Å². The van der Waals surface area contributed by atoms with Gasteiger partial charge in [0.25, 0.3) is 0 Å². The lowest BCUT2D eigenvalue weighted by Gasteiger charge is -2.06. The summed E-state index contributed by atoms with van der Waals surface area (Å²) >= 11 is 0. The van der Waals surface area contributed by atoms with E-state index in [4.69, 9.17) is 0 Å². The van der Waals surface area contributed by atoms with E-state index in [1.54, 1.807) is 0 Å². The molecule has 0 aromatic heterocycles. The zero-order chi connectivity index (χ0) is 9.52. The van der Waals surface area contributed by atoms with Gasteiger partial charge in [0.2, 0.25) is 0 Å². The molecule has 1 heteroatoms. The second-order valence-corrected chi connectivity index (χ2v) is 3.05. The van der Waals surface area contributed by atoms with Crippen LogP contribution in [0, 0.1) is 0 Å². The molecule has 0 unspecified atom stereocenters. The molecule has 1 N–H and O–H groups in total. The second-order valence-electron chi connectivity index (χ2n) is 3.05. The first kappa shape index (κ1) is 9.85. The van der Waals surface area contributed by atoms with Gasteiger partial charge < -0.3 is 5.32 Å². The molecule has 0 aliphatic rings. The van der Waals surface area contributed by atoms with E-state index in [-0.39, 0.29) is 0 Å². The van der Waals surface area contributed by atoms with Gasteiger partial charge in [-0.25, -0.2) is 0 Å². The first-order valence-corrected chi connectivity index (χ1v) is 4.77. The average molecular weight is 175 g/mol. The molecule has 1 rings (SSSR count). The first-order chi connectivity index (χ1) is 6.36. The van der Waals surface area contributed by atoms with Crippen LogP contribution in [0.4, 0.5) is 0 Å². The van der Waals surface area contributed by atoms with E-state index in [9.17, 15) is 0 Å². The van der Waals surface area contributed by atoms with E-state index in [2.05, 4.69) is 42.6 Å². The fraction of sp³-hybridized carbons (Fsp3) is 0.333. The Hall–Kier alpha value is -1.24. The number of benzene rings is 1. The lowest BCUT2D eigenvalue weighted by Crippen LogP contribution is -2.08. The van der Waals surface area contributed by atoms with Gasteiger partial charge in [-0.15, -0.1) is 0 Å². The van der Waals surface area contributed by atoms with Crippen molar-refractivity contribution in [1.82, 2.24) is 5.32 Å². The molecule has 0 bridgehead atoms. The van der Waals surface area contributed by atoms with Crippen LogP contribution in [0.25, 0.3) is 0 Å². The van der Waals surface area contributed by atoms with E-state index in [0.717, 1.165) is 12.8 Å². The third-order valence-electron chi connectivity index (χ3n) is 2.01. The van der Waals surface area contributed by atoms with Crippen LogP contribution in [0.1, 0.15) is 18.9 Å². The van der Waals surface area contributed by atoms with Gasteiger partial charge in [0.05, 0.1) is 0 Å². The van der Waals surface area contributed by atoms with Crippen LogP contribution in [-0.4, -0.2) is 7.05 Å². The van der Waals surface area contributed by atoms with Crippen LogP contribution in [0.2, 0.25) is 0 Å². The summed E-state index contributed by atoms with van der Waals surface area (Å²) in [5, 5.41) is 3.21. The summed E-state index contributed by atoms with van der Waals surface area (Å²) in [6, 6.07) is 10.5. The highest BCUT2D eigenvalue weighted by Gasteiger charge is 1.94. The topological polar surface area (TPSA) is 12.0 Å². The van der Waals surface area contributed by atoms with Crippen molar-refractivity contribution in [3.05, 3.63) is 47.7 Å². The maximum absolute atomic E-state index is 3.21. The maximum atomic E-state index is 3.21. The minimum absolute atomic E-state index is 1.01. The van der Waals surface area contributed by atoms with Crippen LogP contribution < -0.4 is 5.32 Å². The fourth-order valence-corrected chi connectivity index (χ4v) is 1.32. The van der Waals surface area contributed by atoms with E-state index < -0.39 is 0 Å². The first-order valence-electron chi connectivity index (χ1n) is 4.77. The van der Waals surface area contributed by atoms with Gasteiger partial charge in [0, 0.05) is 19.2 Å². The van der Waals surface area contributed by atoms with E-state index >= 15 is 0 Å². The Morgan fingerprint density at radius 2 is 2.00 bits per heavy atom. The van der Waals surface area contributed by atoms with Crippen molar-refractivity contribution in [2.24, 2.45) is 0 Å². The van der Waals surface area contributed by atoms with E-state index in [1.165, 1.54) is 11.3 Å². The molecule has 1 aromatic carbocycles. The van der Waals surface area contributed by atoms with Crippen LogP contribution in [0.5, 0.6) is 0 Å². The molecule has 0 radical (unpaired) electrons. The van der Waals surface area contributed by atoms with Crippen molar-refractivity contribution < 1.29 is 0 Å². The lowest BCUT2D eigenvalue weighted by atomic mass is 10.1. The van der Waals surface area contributed by atoms with Gasteiger partial charge in [-0.3, -0.25) is 0 Å². The highest BCUT2D eigenvalue weighted by atomic mass is 14.8. The van der Waals surface area contributed by atoms with E-state index in [1.807, 2.05) is 13.1 Å².